The van der Waals surface area contributed by atoms with Gasteiger partial charge in [0.1, 0.15) is 5.69 Å². The van der Waals surface area contributed by atoms with Crippen molar-refractivity contribution < 1.29 is 18.7 Å². The van der Waals surface area contributed by atoms with Crippen LogP contribution in [0.1, 0.15) is 62.9 Å². The molecule has 36 heavy (non-hydrogen) atoms. The van der Waals surface area contributed by atoms with Crippen molar-refractivity contribution in [2.75, 3.05) is 20.2 Å². The molecule has 2 aromatic rings. The monoisotopic (exact) mass is 498 g/mol. The van der Waals surface area contributed by atoms with Crippen LogP contribution < -0.4 is 15.4 Å². The SMILES string of the molecule is COc1cc(-c2cc(C(=O)N3CC[C@H](CNC(=O)C4CC(C)NC(C)C4)CC34CC4)[nH]n2)c(F)cn1. The molecule has 4 heterocycles. The summed E-state index contributed by atoms with van der Waals surface area (Å²) in [6, 6.07) is 3.76. The molecule has 3 aliphatic rings. The number of carbonyl (C=O) groups is 2. The van der Waals surface area contributed by atoms with Crippen LogP contribution in [-0.4, -0.2) is 69.7 Å². The van der Waals surface area contributed by atoms with Crippen LogP contribution in [0.15, 0.2) is 18.3 Å². The number of nitrogens with zero attached hydrogens (tertiary/aromatic N) is 3. The Balaban J connectivity index is 1.20. The molecule has 1 aliphatic carbocycles. The van der Waals surface area contributed by atoms with E-state index in [2.05, 4.69) is 39.7 Å². The van der Waals surface area contributed by atoms with Crippen molar-refractivity contribution in [2.45, 2.75) is 70.0 Å². The van der Waals surface area contributed by atoms with E-state index in [0.29, 0.717) is 42.5 Å². The maximum atomic E-state index is 14.3. The Labute approximate surface area is 210 Å². The van der Waals surface area contributed by atoms with Gasteiger partial charge in [0.15, 0.2) is 5.82 Å². The van der Waals surface area contributed by atoms with Crippen LogP contribution in [0.4, 0.5) is 4.39 Å². The van der Waals surface area contributed by atoms with Crippen molar-refractivity contribution in [3.8, 4) is 17.1 Å². The Morgan fingerprint density at radius 1 is 1.25 bits per heavy atom. The van der Waals surface area contributed by atoms with Crippen LogP contribution in [0.3, 0.4) is 0 Å². The summed E-state index contributed by atoms with van der Waals surface area (Å²) in [5, 5.41) is 13.7. The number of pyridine rings is 1. The fourth-order valence-corrected chi connectivity index (χ4v) is 6.02. The number of H-pyrrole nitrogens is 1. The first-order valence-electron chi connectivity index (χ1n) is 12.9. The van der Waals surface area contributed by atoms with Gasteiger partial charge in [0.2, 0.25) is 11.8 Å². The van der Waals surface area contributed by atoms with Crippen LogP contribution in [0.2, 0.25) is 0 Å². The van der Waals surface area contributed by atoms with Crippen LogP contribution in [0.5, 0.6) is 5.88 Å². The molecule has 5 rings (SSSR count). The molecule has 2 saturated heterocycles. The van der Waals surface area contributed by atoms with Gasteiger partial charge < -0.3 is 20.3 Å². The molecule has 1 spiro atoms. The molecule has 0 radical (unpaired) electrons. The molecule has 3 fully saturated rings. The molecule has 3 atom stereocenters. The first-order valence-corrected chi connectivity index (χ1v) is 12.9. The molecule has 9 nitrogen and oxygen atoms in total. The topological polar surface area (TPSA) is 112 Å². The van der Waals surface area contributed by atoms with Gasteiger partial charge >= 0.3 is 0 Å². The highest BCUT2D eigenvalue weighted by Gasteiger charge is 2.53. The van der Waals surface area contributed by atoms with E-state index in [1.165, 1.54) is 13.2 Å². The van der Waals surface area contributed by atoms with Crippen molar-refractivity contribution in [1.29, 1.82) is 0 Å². The summed E-state index contributed by atoms with van der Waals surface area (Å²) in [5.74, 6) is 0.200. The second kappa shape index (κ2) is 9.80. The second-order valence-corrected chi connectivity index (χ2v) is 10.8. The minimum atomic E-state index is -0.531. The maximum Gasteiger partial charge on any atom is 0.272 e. The number of aromatic nitrogens is 3. The third-order valence-electron chi connectivity index (χ3n) is 7.98. The fraction of sp³-hybridized carbons (Fsp3) is 0.615. The zero-order valence-electron chi connectivity index (χ0n) is 21.1. The number of ether oxygens (including phenoxy) is 1. The van der Waals surface area contributed by atoms with E-state index in [0.717, 1.165) is 44.7 Å². The summed E-state index contributed by atoms with van der Waals surface area (Å²) in [6.07, 6.45) is 6.47. The van der Waals surface area contributed by atoms with E-state index in [-0.39, 0.29) is 34.7 Å². The summed E-state index contributed by atoms with van der Waals surface area (Å²) in [6.45, 7) is 5.55. The Kier molecular flexibility index (Phi) is 6.72. The number of hydrogen-bond acceptors (Lipinski definition) is 6. The van der Waals surface area contributed by atoms with E-state index in [1.54, 1.807) is 6.07 Å². The minimum Gasteiger partial charge on any atom is -0.481 e. The Morgan fingerprint density at radius 2 is 2.00 bits per heavy atom. The van der Waals surface area contributed by atoms with Gasteiger partial charge in [0, 0.05) is 48.3 Å². The minimum absolute atomic E-state index is 0.0626. The largest absolute Gasteiger partial charge is 0.481 e. The molecular weight excluding hydrogens is 463 g/mol. The van der Waals surface area contributed by atoms with Gasteiger partial charge in [-0.1, -0.05) is 0 Å². The average molecular weight is 499 g/mol. The van der Waals surface area contributed by atoms with Gasteiger partial charge in [-0.2, -0.15) is 5.10 Å². The van der Waals surface area contributed by atoms with Crippen molar-refractivity contribution in [3.63, 3.8) is 0 Å². The van der Waals surface area contributed by atoms with Crippen molar-refractivity contribution in [1.82, 2.24) is 30.7 Å². The van der Waals surface area contributed by atoms with Crippen LogP contribution in [0, 0.1) is 17.7 Å². The van der Waals surface area contributed by atoms with Gasteiger partial charge in [-0.05, 0) is 64.4 Å². The van der Waals surface area contributed by atoms with E-state index in [4.69, 9.17) is 4.74 Å². The number of methoxy groups -OCH3 is 1. The normalized spacial score (nSPS) is 27.1. The van der Waals surface area contributed by atoms with Gasteiger partial charge in [-0.15, -0.1) is 0 Å². The number of hydrogen-bond donors (Lipinski definition) is 3. The zero-order valence-corrected chi connectivity index (χ0v) is 21.1. The molecule has 0 bridgehead atoms. The van der Waals surface area contributed by atoms with E-state index in [9.17, 15) is 14.0 Å². The first-order chi connectivity index (χ1) is 17.3. The van der Waals surface area contributed by atoms with Crippen LogP contribution in [-0.2, 0) is 4.79 Å². The third-order valence-corrected chi connectivity index (χ3v) is 7.98. The molecular formula is C26H35FN6O3. The highest BCUT2D eigenvalue weighted by Crippen LogP contribution is 2.50. The number of rotatable bonds is 6. The lowest BCUT2D eigenvalue weighted by atomic mass is 9.86. The summed E-state index contributed by atoms with van der Waals surface area (Å²) < 4.78 is 19.4. The van der Waals surface area contributed by atoms with Crippen LogP contribution >= 0.6 is 0 Å². The molecule has 3 N–H and O–H groups in total. The molecule has 10 heteroatoms. The molecule has 0 aromatic carbocycles. The van der Waals surface area contributed by atoms with Crippen molar-refractivity contribution in [2.24, 2.45) is 11.8 Å². The molecule has 2 aliphatic heterocycles. The number of carbonyl (C=O) groups excluding carboxylic acids is 2. The highest BCUT2D eigenvalue weighted by molar-refractivity contribution is 5.94. The van der Waals surface area contributed by atoms with E-state index < -0.39 is 5.82 Å². The van der Waals surface area contributed by atoms with Gasteiger partial charge in [-0.25, -0.2) is 9.37 Å². The Hall–Kier alpha value is -3.01. The standard InChI is InChI=1S/C26H35FN6O3/c1-15-8-18(9-16(2)30-15)24(34)29-13-17-4-7-33(26(12-17)5-6-26)25(35)22-11-21(31-32-22)19-10-23(36-3)28-14-20(19)27/h10-11,14-18,30H,4-9,12-13H2,1-3H3,(H,29,34)(H,31,32)/t15?,16?,17-,18?/m0/s1. The summed E-state index contributed by atoms with van der Waals surface area (Å²) in [7, 11) is 1.46. The van der Waals surface area contributed by atoms with Gasteiger partial charge in [-0.3, -0.25) is 14.7 Å². The van der Waals surface area contributed by atoms with Crippen LogP contribution in [0.25, 0.3) is 11.3 Å². The second-order valence-electron chi connectivity index (χ2n) is 10.8. The number of likely N-dealkylation sites (tertiary alicyclic amines) is 1. The number of halogens is 1. The number of aromatic amines is 1. The zero-order chi connectivity index (χ0) is 25.4. The van der Waals surface area contributed by atoms with E-state index >= 15 is 0 Å². The predicted molar refractivity (Wildman–Crippen MR) is 132 cm³/mol. The summed E-state index contributed by atoms with van der Waals surface area (Å²) in [5.41, 5.74) is 0.747. The van der Waals surface area contributed by atoms with Gasteiger partial charge in [0.25, 0.3) is 5.91 Å². The molecule has 2 unspecified atom stereocenters. The molecule has 2 aromatic heterocycles. The number of piperidine rings is 2. The fourth-order valence-electron chi connectivity index (χ4n) is 6.02. The molecule has 194 valence electrons. The first kappa shape index (κ1) is 24.7. The lowest BCUT2D eigenvalue weighted by Crippen LogP contribution is -2.51. The molecule has 2 amide bonds. The average Bonchev–Trinajstić information content (AvgIpc) is 3.43. The van der Waals surface area contributed by atoms with E-state index in [1.807, 2.05) is 4.90 Å². The number of nitrogens with one attached hydrogen (secondary N) is 3. The molecule has 1 saturated carbocycles. The Morgan fingerprint density at radius 3 is 2.69 bits per heavy atom. The lowest BCUT2D eigenvalue weighted by Gasteiger charge is -2.40. The quantitative estimate of drug-likeness (QED) is 0.565. The Bertz CT molecular complexity index is 1120. The maximum absolute atomic E-state index is 14.3. The lowest BCUT2D eigenvalue weighted by molar-refractivity contribution is -0.126. The highest BCUT2D eigenvalue weighted by atomic mass is 19.1. The summed E-state index contributed by atoms with van der Waals surface area (Å²) >= 11 is 0. The third kappa shape index (κ3) is 4.96. The van der Waals surface area contributed by atoms with Crippen molar-refractivity contribution >= 4 is 11.8 Å². The van der Waals surface area contributed by atoms with Crippen molar-refractivity contribution in [3.05, 3.63) is 29.8 Å². The van der Waals surface area contributed by atoms with Gasteiger partial charge in [0.05, 0.1) is 19.0 Å². The summed E-state index contributed by atoms with van der Waals surface area (Å²) in [4.78, 5) is 32.0. The predicted octanol–water partition coefficient (Wildman–Crippen LogP) is 2.90. The smallest absolute Gasteiger partial charge is 0.272 e. The number of amides is 2.